The molecule has 0 radical (unpaired) electrons. The van der Waals surface area contributed by atoms with Crippen LogP contribution in [-0.4, -0.2) is 60.6 Å². The van der Waals surface area contributed by atoms with E-state index in [1.54, 1.807) is 72.8 Å². The summed E-state index contributed by atoms with van der Waals surface area (Å²) in [6, 6.07) is 18.9. The minimum Gasteiger partial charge on any atom is -0.497 e. The second kappa shape index (κ2) is 14.5. The number of carbonyl (C=O) groups excluding carboxylic acids is 3. The van der Waals surface area contributed by atoms with Gasteiger partial charge in [0.05, 0.1) is 42.7 Å². The van der Waals surface area contributed by atoms with E-state index >= 15 is 0 Å². The highest BCUT2D eigenvalue weighted by Gasteiger charge is 2.39. The smallest absolute Gasteiger partial charge is 0.345 e. The molecule has 0 aliphatic heterocycles. The van der Waals surface area contributed by atoms with Gasteiger partial charge in [-0.25, -0.2) is 14.4 Å². The monoisotopic (exact) mass is 618 g/mol. The van der Waals surface area contributed by atoms with Crippen molar-refractivity contribution in [1.29, 1.82) is 0 Å². The first-order chi connectivity index (χ1) is 21.8. The Bertz CT molecular complexity index is 1440. The van der Waals surface area contributed by atoms with Gasteiger partial charge in [-0.2, -0.15) is 0 Å². The van der Waals surface area contributed by atoms with Gasteiger partial charge >= 0.3 is 17.9 Å². The number of carbonyl (C=O) groups is 3. The Kier molecular flexibility index (Phi) is 10.3. The van der Waals surface area contributed by atoms with Crippen LogP contribution in [0, 0.1) is 0 Å². The molecule has 234 valence electrons. The predicted octanol–water partition coefficient (Wildman–Crippen LogP) is 6.45. The number of rotatable bonds is 12. The van der Waals surface area contributed by atoms with Crippen LogP contribution in [0.1, 0.15) is 31.1 Å². The molecular formula is C33H30O12. The Balaban J connectivity index is 2.11. The summed E-state index contributed by atoms with van der Waals surface area (Å²) in [5.74, 6) is -2.02. The van der Waals surface area contributed by atoms with Gasteiger partial charge in [-0.15, -0.1) is 0 Å². The second-order valence-electron chi connectivity index (χ2n) is 8.92. The van der Waals surface area contributed by atoms with Crippen LogP contribution in [0.25, 0.3) is 0 Å². The van der Waals surface area contributed by atoms with E-state index < -0.39 is 34.6 Å². The lowest BCUT2D eigenvalue weighted by Gasteiger charge is -2.23. The van der Waals surface area contributed by atoms with Gasteiger partial charge in [0.2, 0.25) is 0 Å². The van der Waals surface area contributed by atoms with Gasteiger partial charge in [0, 0.05) is 0 Å². The summed E-state index contributed by atoms with van der Waals surface area (Å²) in [5, 5.41) is 0. The molecule has 0 aliphatic carbocycles. The number of benzene rings is 4. The average Bonchev–Trinajstić information content (AvgIpc) is 3.08. The van der Waals surface area contributed by atoms with Crippen LogP contribution < -0.4 is 28.4 Å². The molecule has 0 spiro atoms. The van der Waals surface area contributed by atoms with Crippen LogP contribution >= 0.6 is 0 Å². The second-order valence-corrected chi connectivity index (χ2v) is 8.92. The lowest BCUT2D eigenvalue weighted by Crippen LogP contribution is -2.18. The van der Waals surface area contributed by atoms with E-state index in [1.165, 1.54) is 21.3 Å². The predicted molar refractivity (Wildman–Crippen MR) is 160 cm³/mol. The maximum atomic E-state index is 13.5. The quantitative estimate of drug-likeness (QED) is 0.128. The topological polar surface area (TPSA) is 134 Å². The van der Waals surface area contributed by atoms with Gasteiger partial charge < -0.3 is 42.6 Å². The van der Waals surface area contributed by atoms with Crippen molar-refractivity contribution in [3.8, 4) is 51.7 Å². The van der Waals surface area contributed by atoms with Crippen molar-refractivity contribution >= 4 is 17.9 Å². The fourth-order valence-electron chi connectivity index (χ4n) is 4.14. The van der Waals surface area contributed by atoms with Gasteiger partial charge in [-0.1, -0.05) is 0 Å². The summed E-state index contributed by atoms with van der Waals surface area (Å²) >= 11 is 0. The molecule has 4 aromatic carbocycles. The molecule has 0 atom stereocenters. The van der Waals surface area contributed by atoms with E-state index in [2.05, 4.69) is 0 Å². The lowest BCUT2D eigenvalue weighted by atomic mass is 9.99. The van der Waals surface area contributed by atoms with Crippen molar-refractivity contribution in [2.24, 2.45) is 0 Å². The number of hydrogen-bond acceptors (Lipinski definition) is 12. The zero-order chi connectivity index (χ0) is 32.5. The minimum absolute atomic E-state index is 0.183. The van der Waals surface area contributed by atoms with E-state index in [9.17, 15) is 14.4 Å². The zero-order valence-electron chi connectivity index (χ0n) is 25.3. The first-order valence-electron chi connectivity index (χ1n) is 13.2. The summed E-state index contributed by atoms with van der Waals surface area (Å²) in [6.45, 7) is 0. The third kappa shape index (κ3) is 7.02. The lowest BCUT2D eigenvalue weighted by molar-refractivity contribution is 0.0584. The Labute approximate surface area is 258 Å². The number of hydrogen-bond donors (Lipinski definition) is 0. The van der Waals surface area contributed by atoms with Crippen molar-refractivity contribution in [3.63, 3.8) is 0 Å². The molecule has 0 fully saturated rings. The SMILES string of the molecule is COC(=O)c1c(Oc2ccc(OC)cc2)c(C(=O)OC)c(Oc2ccc(OC)cc2)c(C(=O)OC)c1Oc1ccc(OC)cc1. The Hall–Kier alpha value is -5.91. The van der Waals surface area contributed by atoms with Crippen molar-refractivity contribution in [2.45, 2.75) is 0 Å². The minimum atomic E-state index is -1.01. The Morgan fingerprint density at radius 1 is 0.356 bits per heavy atom. The Morgan fingerprint density at radius 3 is 0.733 bits per heavy atom. The third-order valence-corrected chi connectivity index (χ3v) is 6.37. The molecule has 0 unspecified atom stereocenters. The van der Waals surface area contributed by atoms with E-state index in [1.807, 2.05) is 0 Å². The van der Waals surface area contributed by atoms with Crippen LogP contribution in [0.5, 0.6) is 51.7 Å². The van der Waals surface area contributed by atoms with Crippen LogP contribution in [0.3, 0.4) is 0 Å². The molecule has 0 bridgehead atoms. The average molecular weight is 619 g/mol. The van der Waals surface area contributed by atoms with Crippen molar-refractivity contribution in [2.75, 3.05) is 42.7 Å². The van der Waals surface area contributed by atoms with Gasteiger partial charge in [0.1, 0.15) is 51.2 Å². The van der Waals surface area contributed by atoms with E-state index in [-0.39, 0.29) is 34.5 Å². The van der Waals surface area contributed by atoms with Gasteiger partial charge in [0.25, 0.3) is 0 Å². The number of esters is 3. The summed E-state index contributed by atoms with van der Waals surface area (Å²) in [4.78, 5) is 40.6. The standard InChI is InChI=1S/C33H30O12/c1-37-19-7-13-22(14-8-19)43-28-25(31(34)40-4)29(44-23-15-9-20(38-2)10-16-23)27(33(36)42-6)30(26(28)32(35)41-5)45-24-17-11-21(39-3)12-18-24/h7-18H,1-6H3. The van der Waals surface area contributed by atoms with E-state index in [0.29, 0.717) is 17.2 Å². The Morgan fingerprint density at radius 2 is 0.556 bits per heavy atom. The summed E-state index contributed by atoms with van der Waals surface area (Å²) in [7, 11) is 7.85. The summed E-state index contributed by atoms with van der Waals surface area (Å²) in [5.41, 5.74) is -1.27. The third-order valence-electron chi connectivity index (χ3n) is 6.37. The van der Waals surface area contributed by atoms with Crippen molar-refractivity contribution in [3.05, 3.63) is 89.5 Å². The maximum Gasteiger partial charge on any atom is 0.345 e. The molecule has 12 nitrogen and oxygen atoms in total. The molecule has 4 aromatic rings. The number of ether oxygens (including phenoxy) is 9. The fraction of sp³-hybridized carbons (Fsp3) is 0.182. The van der Waals surface area contributed by atoms with Crippen molar-refractivity contribution < 1.29 is 57.0 Å². The zero-order valence-corrected chi connectivity index (χ0v) is 25.3. The molecular weight excluding hydrogens is 588 g/mol. The summed E-state index contributed by atoms with van der Waals surface area (Å²) in [6.07, 6.45) is 0. The van der Waals surface area contributed by atoms with Crippen LogP contribution in [-0.2, 0) is 14.2 Å². The largest absolute Gasteiger partial charge is 0.497 e. The highest BCUT2D eigenvalue weighted by Crippen LogP contribution is 2.49. The van der Waals surface area contributed by atoms with E-state index in [0.717, 1.165) is 21.3 Å². The van der Waals surface area contributed by atoms with Gasteiger partial charge in [-0.05, 0) is 72.8 Å². The van der Waals surface area contributed by atoms with Crippen LogP contribution in [0.15, 0.2) is 72.8 Å². The first kappa shape index (κ1) is 32.0. The molecule has 0 aliphatic rings. The normalized spacial score (nSPS) is 10.3. The summed E-state index contributed by atoms with van der Waals surface area (Å²) < 4.78 is 49.5. The van der Waals surface area contributed by atoms with Gasteiger partial charge in [0.15, 0.2) is 17.2 Å². The first-order valence-corrected chi connectivity index (χ1v) is 13.2. The molecule has 0 aromatic heterocycles. The molecule has 0 heterocycles. The fourth-order valence-corrected chi connectivity index (χ4v) is 4.14. The molecule has 0 saturated heterocycles. The van der Waals surface area contributed by atoms with E-state index in [4.69, 9.17) is 42.6 Å². The molecule has 0 amide bonds. The molecule has 0 N–H and O–H groups in total. The van der Waals surface area contributed by atoms with Crippen LogP contribution in [0.2, 0.25) is 0 Å². The van der Waals surface area contributed by atoms with Crippen LogP contribution in [0.4, 0.5) is 0 Å². The molecule has 12 heteroatoms. The highest BCUT2D eigenvalue weighted by atomic mass is 16.6. The molecule has 45 heavy (non-hydrogen) atoms. The molecule has 0 saturated carbocycles. The highest BCUT2D eigenvalue weighted by molar-refractivity contribution is 6.11. The maximum absolute atomic E-state index is 13.5. The number of methoxy groups -OCH3 is 6. The van der Waals surface area contributed by atoms with Gasteiger partial charge in [-0.3, -0.25) is 0 Å². The van der Waals surface area contributed by atoms with Crippen molar-refractivity contribution in [1.82, 2.24) is 0 Å². The molecule has 4 rings (SSSR count).